The van der Waals surface area contributed by atoms with Gasteiger partial charge in [0.15, 0.2) is 0 Å². The van der Waals surface area contributed by atoms with Gasteiger partial charge < -0.3 is 15.5 Å². The van der Waals surface area contributed by atoms with E-state index in [9.17, 15) is 4.79 Å². The summed E-state index contributed by atoms with van der Waals surface area (Å²) in [4.78, 5) is 14.0. The maximum absolute atomic E-state index is 12.1. The van der Waals surface area contributed by atoms with Crippen LogP contribution in [0.2, 0.25) is 0 Å². The minimum absolute atomic E-state index is 0.149. The number of likely N-dealkylation sites (tertiary alicyclic amines) is 1. The second kappa shape index (κ2) is 6.98. The van der Waals surface area contributed by atoms with Crippen molar-refractivity contribution in [3.8, 4) is 0 Å². The van der Waals surface area contributed by atoms with Gasteiger partial charge >= 0.3 is 6.03 Å². The van der Waals surface area contributed by atoms with Crippen LogP contribution >= 0.6 is 0 Å². The number of carbonyl (C=O) groups excluding carboxylic acids is 1. The van der Waals surface area contributed by atoms with Crippen molar-refractivity contribution in [2.45, 2.75) is 51.5 Å². The summed E-state index contributed by atoms with van der Waals surface area (Å²) < 4.78 is 0. The van der Waals surface area contributed by atoms with Gasteiger partial charge in [0.2, 0.25) is 0 Å². The van der Waals surface area contributed by atoms with E-state index >= 15 is 0 Å². The Labute approximate surface area is 110 Å². The highest BCUT2D eigenvalue weighted by Gasteiger charge is 2.20. The Kier molecular flexibility index (Phi) is 5.29. The first-order valence-corrected chi connectivity index (χ1v) is 7.52. The maximum Gasteiger partial charge on any atom is 0.317 e. The summed E-state index contributed by atoms with van der Waals surface area (Å²) >= 11 is 0. The van der Waals surface area contributed by atoms with Crippen molar-refractivity contribution in [1.82, 2.24) is 15.5 Å². The number of nitrogens with one attached hydrogen (secondary N) is 2. The van der Waals surface area contributed by atoms with E-state index in [1.807, 2.05) is 4.90 Å². The number of hydrogen-bond acceptors (Lipinski definition) is 2. The molecule has 2 amide bonds. The lowest BCUT2D eigenvalue weighted by Gasteiger charge is -2.29. The van der Waals surface area contributed by atoms with Gasteiger partial charge in [-0.1, -0.05) is 12.8 Å². The molecule has 2 fully saturated rings. The summed E-state index contributed by atoms with van der Waals surface area (Å²) in [5.74, 6) is 0.608. The number of urea groups is 1. The quantitative estimate of drug-likeness (QED) is 0.790. The first kappa shape index (κ1) is 13.7. The van der Waals surface area contributed by atoms with E-state index in [1.54, 1.807) is 0 Å². The zero-order valence-electron chi connectivity index (χ0n) is 11.6. The van der Waals surface area contributed by atoms with E-state index in [2.05, 4.69) is 17.6 Å². The van der Waals surface area contributed by atoms with Crippen LogP contribution in [-0.4, -0.2) is 43.2 Å². The highest BCUT2D eigenvalue weighted by molar-refractivity contribution is 5.74. The molecule has 2 unspecified atom stereocenters. The van der Waals surface area contributed by atoms with E-state index < -0.39 is 0 Å². The number of nitrogens with zero attached hydrogens (tertiary/aromatic N) is 1. The largest absolute Gasteiger partial charge is 0.338 e. The Morgan fingerprint density at radius 2 is 1.94 bits per heavy atom. The number of rotatable bonds is 2. The normalized spacial score (nSPS) is 29.7. The lowest BCUT2D eigenvalue weighted by Crippen LogP contribution is -2.46. The van der Waals surface area contributed by atoms with Crippen molar-refractivity contribution in [3.05, 3.63) is 0 Å². The van der Waals surface area contributed by atoms with E-state index in [4.69, 9.17) is 0 Å². The van der Waals surface area contributed by atoms with Crippen molar-refractivity contribution >= 4 is 6.03 Å². The van der Waals surface area contributed by atoms with E-state index in [0.717, 1.165) is 39.0 Å². The summed E-state index contributed by atoms with van der Waals surface area (Å²) in [5, 5.41) is 6.59. The summed E-state index contributed by atoms with van der Waals surface area (Å²) in [6.45, 7) is 5.97. The first-order chi connectivity index (χ1) is 8.75. The molecule has 2 saturated heterocycles. The molecule has 0 aliphatic carbocycles. The molecule has 4 heteroatoms. The summed E-state index contributed by atoms with van der Waals surface area (Å²) in [5.41, 5.74) is 0. The first-order valence-electron chi connectivity index (χ1n) is 7.52. The monoisotopic (exact) mass is 253 g/mol. The Morgan fingerprint density at radius 1 is 1.22 bits per heavy atom. The Balaban J connectivity index is 1.67. The van der Waals surface area contributed by atoms with Crippen LogP contribution in [0, 0.1) is 5.92 Å². The Hall–Kier alpha value is -0.770. The minimum atomic E-state index is 0.149. The van der Waals surface area contributed by atoms with Crippen molar-refractivity contribution in [2.75, 3.05) is 26.2 Å². The molecule has 2 aliphatic heterocycles. The molecule has 0 aromatic carbocycles. The van der Waals surface area contributed by atoms with Gasteiger partial charge in [-0.2, -0.15) is 0 Å². The second-order valence-corrected chi connectivity index (χ2v) is 5.84. The van der Waals surface area contributed by atoms with Crippen molar-refractivity contribution in [3.63, 3.8) is 0 Å². The van der Waals surface area contributed by atoms with Gasteiger partial charge in [0, 0.05) is 25.7 Å². The molecule has 2 N–H and O–H groups in total. The molecule has 2 aliphatic rings. The highest BCUT2D eigenvalue weighted by atomic mass is 16.2. The van der Waals surface area contributed by atoms with Gasteiger partial charge in [-0.15, -0.1) is 0 Å². The lowest BCUT2D eigenvalue weighted by atomic mass is 9.95. The van der Waals surface area contributed by atoms with E-state index in [-0.39, 0.29) is 6.03 Å². The predicted molar refractivity (Wildman–Crippen MR) is 73.6 cm³/mol. The van der Waals surface area contributed by atoms with Crippen molar-refractivity contribution < 1.29 is 4.79 Å². The Bertz CT molecular complexity index is 254. The van der Waals surface area contributed by atoms with Gasteiger partial charge in [-0.25, -0.2) is 4.79 Å². The molecule has 0 bridgehead atoms. The molecule has 0 spiro atoms. The van der Waals surface area contributed by atoms with Gasteiger partial charge in [0.25, 0.3) is 0 Å². The zero-order chi connectivity index (χ0) is 12.8. The molecule has 0 saturated carbocycles. The van der Waals surface area contributed by atoms with Crippen LogP contribution in [-0.2, 0) is 0 Å². The van der Waals surface area contributed by atoms with Crippen LogP contribution in [0.15, 0.2) is 0 Å². The maximum atomic E-state index is 12.1. The topological polar surface area (TPSA) is 44.4 Å². The van der Waals surface area contributed by atoms with Crippen LogP contribution in [0.3, 0.4) is 0 Å². The number of amides is 2. The number of piperidine rings is 1. The molecule has 0 aromatic heterocycles. The summed E-state index contributed by atoms with van der Waals surface area (Å²) in [6.07, 6.45) is 7.33. The molecule has 0 aromatic rings. The molecule has 2 atom stereocenters. The number of hydrogen-bond donors (Lipinski definition) is 2. The standard InChI is InChI=1S/C14H27N3O/c1-12-6-7-13(10-15-12)11-16-14(18)17-8-4-2-3-5-9-17/h12-13,15H,2-11H2,1H3,(H,16,18). The summed E-state index contributed by atoms with van der Waals surface area (Å²) in [6, 6.07) is 0.790. The van der Waals surface area contributed by atoms with Crippen molar-refractivity contribution in [1.29, 1.82) is 0 Å². The minimum Gasteiger partial charge on any atom is -0.338 e. The third-order valence-electron chi connectivity index (χ3n) is 4.20. The van der Waals surface area contributed by atoms with Crippen LogP contribution in [0.1, 0.15) is 45.4 Å². The fourth-order valence-corrected chi connectivity index (χ4v) is 2.85. The van der Waals surface area contributed by atoms with Gasteiger partial charge in [-0.3, -0.25) is 0 Å². The van der Waals surface area contributed by atoms with Crippen LogP contribution in [0.5, 0.6) is 0 Å². The van der Waals surface area contributed by atoms with E-state index in [0.29, 0.717) is 12.0 Å². The molecule has 4 nitrogen and oxygen atoms in total. The van der Waals surface area contributed by atoms with Gasteiger partial charge in [-0.05, 0) is 45.1 Å². The van der Waals surface area contributed by atoms with Crippen molar-refractivity contribution in [2.24, 2.45) is 5.92 Å². The average Bonchev–Trinajstić information content (AvgIpc) is 2.66. The lowest BCUT2D eigenvalue weighted by molar-refractivity contribution is 0.195. The zero-order valence-corrected chi connectivity index (χ0v) is 11.6. The molecule has 0 radical (unpaired) electrons. The summed E-state index contributed by atoms with van der Waals surface area (Å²) in [7, 11) is 0. The number of carbonyl (C=O) groups is 1. The Morgan fingerprint density at radius 3 is 2.56 bits per heavy atom. The van der Waals surface area contributed by atoms with E-state index in [1.165, 1.54) is 25.7 Å². The van der Waals surface area contributed by atoms with Gasteiger partial charge in [0.05, 0.1) is 0 Å². The third kappa shape index (κ3) is 4.16. The molecule has 104 valence electrons. The third-order valence-corrected chi connectivity index (χ3v) is 4.20. The fourth-order valence-electron chi connectivity index (χ4n) is 2.85. The highest BCUT2D eigenvalue weighted by Crippen LogP contribution is 2.13. The van der Waals surface area contributed by atoms with Crippen LogP contribution in [0.4, 0.5) is 4.79 Å². The molecule has 2 rings (SSSR count). The molecule has 2 heterocycles. The predicted octanol–water partition coefficient (Wildman–Crippen LogP) is 1.96. The van der Waals surface area contributed by atoms with Crippen LogP contribution in [0.25, 0.3) is 0 Å². The molecular weight excluding hydrogens is 226 g/mol. The second-order valence-electron chi connectivity index (χ2n) is 5.84. The average molecular weight is 253 g/mol. The smallest absolute Gasteiger partial charge is 0.317 e. The van der Waals surface area contributed by atoms with Gasteiger partial charge in [0.1, 0.15) is 0 Å². The molecule has 18 heavy (non-hydrogen) atoms. The molecular formula is C14H27N3O. The SMILES string of the molecule is CC1CCC(CNC(=O)N2CCCCCC2)CN1. The van der Waals surface area contributed by atoms with Crippen LogP contribution < -0.4 is 10.6 Å². The fraction of sp³-hybridized carbons (Fsp3) is 0.929.